The fraction of sp³-hybridized carbons (Fsp3) is 0.455. The maximum Gasteiger partial charge on any atom is 0.243 e. The van der Waals surface area contributed by atoms with E-state index in [9.17, 15) is 8.42 Å². The quantitative estimate of drug-likeness (QED) is 0.843. The molecular formula is C11H18N2O2S. The van der Waals surface area contributed by atoms with Crippen molar-refractivity contribution in [3.8, 4) is 0 Å². The zero-order valence-corrected chi connectivity index (χ0v) is 10.5. The fourth-order valence-electron chi connectivity index (χ4n) is 1.53. The van der Waals surface area contributed by atoms with Gasteiger partial charge < -0.3 is 5.73 Å². The summed E-state index contributed by atoms with van der Waals surface area (Å²) in [5.74, 6) is 0. The molecule has 0 aliphatic heterocycles. The molecule has 0 aromatic heterocycles. The highest BCUT2D eigenvalue weighted by Crippen LogP contribution is 2.18. The molecule has 1 aromatic carbocycles. The van der Waals surface area contributed by atoms with Crippen LogP contribution in [-0.2, 0) is 16.6 Å². The van der Waals surface area contributed by atoms with E-state index in [1.165, 1.54) is 4.31 Å². The molecule has 0 unspecified atom stereocenters. The van der Waals surface area contributed by atoms with E-state index in [2.05, 4.69) is 0 Å². The molecule has 16 heavy (non-hydrogen) atoms. The van der Waals surface area contributed by atoms with E-state index in [0.29, 0.717) is 17.0 Å². The summed E-state index contributed by atoms with van der Waals surface area (Å²) >= 11 is 0. The number of nitrogens with two attached hydrogens (primary N) is 1. The highest BCUT2D eigenvalue weighted by molar-refractivity contribution is 7.89. The van der Waals surface area contributed by atoms with Gasteiger partial charge in [-0.1, -0.05) is 25.1 Å². The van der Waals surface area contributed by atoms with Crippen LogP contribution in [0.25, 0.3) is 0 Å². The van der Waals surface area contributed by atoms with Crippen LogP contribution in [0, 0.1) is 0 Å². The molecule has 5 heteroatoms. The van der Waals surface area contributed by atoms with Gasteiger partial charge in [-0.3, -0.25) is 0 Å². The Morgan fingerprint density at radius 1 is 1.31 bits per heavy atom. The molecule has 4 nitrogen and oxygen atoms in total. The van der Waals surface area contributed by atoms with Crippen molar-refractivity contribution < 1.29 is 8.42 Å². The van der Waals surface area contributed by atoms with Gasteiger partial charge in [-0.2, -0.15) is 0 Å². The summed E-state index contributed by atoms with van der Waals surface area (Å²) in [7, 11) is -1.80. The third-order valence-electron chi connectivity index (χ3n) is 2.42. The summed E-state index contributed by atoms with van der Waals surface area (Å²) in [6, 6.07) is 6.85. The molecule has 0 spiro atoms. The molecule has 0 saturated carbocycles. The Kier molecular flexibility index (Phi) is 4.46. The van der Waals surface area contributed by atoms with Crippen LogP contribution in [0.15, 0.2) is 29.2 Å². The van der Waals surface area contributed by atoms with Crippen LogP contribution >= 0.6 is 0 Å². The van der Waals surface area contributed by atoms with Crippen molar-refractivity contribution >= 4 is 10.0 Å². The first kappa shape index (κ1) is 13.2. The van der Waals surface area contributed by atoms with Gasteiger partial charge in [0.25, 0.3) is 0 Å². The molecule has 0 atom stereocenters. The van der Waals surface area contributed by atoms with Crippen LogP contribution < -0.4 is 5.73 Å². The standard InChI is InChI=1S/C11H18N2O2S/c1-3-8-13(2)16(14,15)11-7-5-4-6-10(11)9-12/h4-7H,3,8-9,12H2,1-2H3. The number of hydrogen-bond acceptors (Lipinski definition) is 3. The first-order chi connectivity index (χ1) is 7.54. The second-order valence-corrected chi connectivity index (χ2v) is 5.65. The van der Waals surface area contributed by atoms with Gasteiger partial charge in [-0.25, -0.2) is 12.7 Å². The van der Waals surface area contributed by atoms with E-state index in [-0.39, 0.29) is 6.54 Å². The largest absolute Gasteiger partial charge is 0.326 e. The second-order valence-electron chi connectivity index (χ2n) is 3.64. The smallest absolute Gasteiger partial charge is 0.243 e. The summed E-state index contributed by atoms with van der Waals surface area (Å²) in [5.41, 5.74) is 6.20. The van der Waals surface area contributed by atoms with Gasteiger partial charge >= 0.3 is 0 Å². The van der Waals surface area contributed by atoms with Gasteiger partial charge in [0.15, 0.2) is 0 Å². The van der Waals surface area contributed by atoms with Gasteiger partial charge in [0.1, 0.15) is 0 Å². The molecule has 0 heterocycles. The van der Waals surface area contributed by atoms with Crippen LogP contribution in [-0.4, -0.2) is 26.3 Å². The molecular weight excluding hydrogens is 224 g/mol. The van der Waals surface area contributed by atoms with Crippen molar-refractivity contribution in [2.45, 2.75) is 24.8 Å². The van der Waals surface area contributed by atoms with Crippen molar-refractivity contribution in [1.29, 1.82) is 0 Å². The minimum absolute atomic E-state index is 0.232. The van der Waals surface area contributed by atoms with Crippen LogP contribution in [0.5, 0.6) is 0 Å². The van der Waals surface area contributed by atoms with Crippen molar-refractivity contribution in [3.05, 3.63) is 29.8 Å². The van der Waals surface area contributed by atoms with E-state index >= 15 is 0 Å². The summed E-state index contributed by atoms with van der Waals surface area (Å²) in [6.45, 7) is 2.69. The average Bonchev–Trinajstić information content (AvgIpc) is 2.29. The normalized spacial score (nSPS) is 12.0. The van der Waals surface area contributed by atoms with Crippen LogP contribution in [0.1, 0.15) is 18.9 Å². The predicted molar refractivity (Wildman–Crippen MR) is 64.4 cm³/mol. The molecule has 0 radical (unpaired) electrons. The van der Waals surface area contributed by atoms with E-state index in [1.807, 2.05) is 6.92 Å². The molecule has 0 fully saturated rings. The zero-order valence-electron chi connectivity index (χ0n) is 9.68. The Morgan fingerprint density at radius 3 is 2.50 bits per heavy atom. The highest BCUT2D eigenvalue weighted by atomic mass is 32.2. The molecule has 1 rings (SSSR count). The minimum atomic E-state index is -3.39. The maximum atomic E-state index is 12.2. The van der Waals surface area contributed by atoms with Gasteiger partial charge in [0.2, 0.25) is 10.0 Å². The average molecular weight is 242 g/mol. The second kappa shape index (κ2) is 5.43. The van der Waals surface area contributed by atoms with E-state index in [0.717, 1.165) is 6.42 Å². The molecule has 0 bridgehead atoms. The molecule has 0 aliphatic carbocycles. The van der Waals surface area contributed by atoms with Crippen molar-refractivity contribution in [1.82, 2.24) is 4.31 Å². The molecule has 0 aliphatic rings. The van der Waals surface area contributed by atoms with Gasteiger partial charge in [0, 0.05) is 20.1 Å². The summed E-state index contributed by atoms with van der Waals surface area (Å²) in [4.78, 5) is 0.313. The Morgan fingerprint density at radius 2 is 1.94 bits per heavy atom. The molecule has 1 aromatic rings. The Balaban J connectivity index is 3.16. The van der Waals surface area contributed by atoms with E-state index < -0.39 is 10.0 Å². The maximum absolute atomic E-state index is 12.2. The van der Waals surface area contributed by atoms with Gasteiger partial charge in [-0.15, -0.1) is 0 Å². The highest BCUT2D eigenvalue weighted by Gasteiger charge is 2.22. The number of sulfonamides is 1. The van der Waals surface area contributed by atoms with E-state index in [1.54, 1.807) is 31.3 Å². The van der Waals surface area contributed by atoms with Crippen molar-refractivity contribution in [2.24, 2.45) is 5.73 Å². The first-order valence-corrected chi connectivity index (χ1v) is 6.72. The number of benzene rings is 1. The van der Waals surface area contributed by atoms with Crippen LogP contribution in [0.2, 0.25) is 0 Å². The predicted octanol–water partition coefficient (Wildman–Crippen LogP) is 1.18. The van der Waals surface area contributed by atoms with Gasteiger partial charge in [0.05, 0.1) is 4.90 Å². The third-order valence-corrected chi connectivity index (χ3v) is 4.38. The van der Waals surface area contributed by atoms with Crippen molar-refractivity contribution in [2.75, 3.05) is 13.6 Å². The lowest BCUT2D eigenvalue weighted by Gasteiger charge is -2.18. The Labute approximate surface area is 97.1 Å². The zero-order chi connectivity index (χ0) is 12.2. The topological polar surface area (TPSA) is 63.4 Å². The fourth-order valence-corrected chi connectivity index (χ4v) is 3.02. The molecule has 90 valence electrons. The SMILES string of the molecule is CCCN(C)S(=O)(=O)c1ccccc1CN. The summed E-state index contributed by atoms with van der Waals surface area (Å²) in [5, 5.41) is 0. The van der Waals surface area contributed by atoms with E-state index in [4.69, 9.17) is 5.73 Å². The number of hydrogen-bond donors (Lipinski definition) is 1. The van der Waals surface area contributed by atoms with Crippen molar-refractivity contribution in [3.63, 3.8) is 0 Å². The molecule has 2 N–H and O–H groups in total. The molecule has 0 amide bonds. The molecule has 0 saturated heterocycles. The lowest BCUT2D eigenvalue weighted by atomic mass is 10.2. The monoisotopic (exact) mass is 242 g/mol. The lowest BCUT2D eigenvalue weighted by Crippen LogP contribution is -2.28. The van der Waals surface area contributed by atoms with Gasteiger partial charge in [-0.05, 0) is 18.1 Å². The first-order valence-electron chi connectivity index (χ1n) is 5.28. The van der Waals surface area contributed by atoms with Crippen LogP contribution in [0.4, 0.5) is 0 Å². The minimum Gasteiger partial charge on any atom is -0.326 e. The Hall–Kier alpha value is -0.910. The summed E-state index contributed by atoms with van der Waals surface area (Å²) < 4.78 is 25.7. The third kappa shape index (κ3) is 2.61. The Bertz CT molecular complexity index is 443. The number of rotatable bonds is 5. The number of nitrogens with zero attached hydrogens (tertiary/aromatic N) is 1. The lowest BCUT2D eigenvalue weighted by molar-refractivity contribution is 0.467. The summed E-state index contributed by atoms with van der Waals surface area (Å²) in [6.07, 6.45) is 0.792. The van der Waals surface area contributed by atoms with Crippen LogP contribution in [0.3, 0.4) is 0 Å².